The van der Waals surface area contributed by atoms with E-state index >= 15 is 0 Å². The molecular formula is C21H24N4OS. The number of thiazole rings is 1. The number of pyridine rings is 2. The first-order chi connectivity index (χ1) is 13.1. The van der Waals surface area contributed by atoms with Crippen molar-refractivity contribution in [2.45, 2.75) is 38.1 Å². The molecule has 3 heterocycles. The molecule has 3 aromatic heterocycles. The van der Waals surface area contributed by atoms with Crippen LogP contribution in [-0.2, 0) is 11.2 Å². The molecule has 1 fully saturated rings. The Morgan fingerprint density at radius 1 is 1.07 bits per heavy atom. The Bertz CT molecular complexity index is 931. The monoisotopic (exact) mass is 380 g/mol. The highest BCUT2D eigenvalue weighted by atomic mass is 32.1. The minimum absolute atomic E-state index is 0.184. The topological polar surface area (TPSA) is 59.0 Å². The summed E-state index contributed by atoms with van der Waals surface area (Å²) in [4.78, 5) is 29.2. The second kappa shape index (κ2) is 7.82. The second-order valence-corrected chi connectivity index (χ2v) is 8.46. The highest BCUT2D eigenvalue weighted by Crippen LogP contribution is 2.29. The van der Waals surface area contributed by atoms with Gasteiger partial charge in [-0.05, 0) is 57.3 Å². The van der Waals surface area contributed by atoms with Crippen LogP contribution in [0, 0.1) is 5.92 Å². The highest BCUT2D eigenvalue weighted by Gasteiger charge is 2.27. The molecule has 140 valence electrons. The summed E-state index contributed by atoms with van der Waals surface area (Å²) < 4.78 is 0. The maximum Gasteiger partial charge on any atom is 0.141 e. The number of ketones is 1. The summed E-state index contributed by atoms with van der Waals surface area (Å²) in [6.45, 7) is 0. The summed E-state index contributed by atoms with van der Waals surface area (Å²) >= 11 is 1.57. The van der Waals surface area contributed by atoms with Crippen molar-refractivity contribution < 1.29 is 4.79 Å². The molecule has 1 aliphatic carbocycles. The smallest absolute Gasteiger partial charge is 0.141 e. The zero-order valence-corrected chi connectivity index (χ0v) is 16.6. The minimum Gasteiger partial charge on any atom is -0.306 e. The Morgan fingerprint density at radius 3 is 2.56 bits per heavy atom. The molecule has 0 N–H and O–H groups in total. The van der Waals surface area contributed by atoms with Crippen molar-refractivity contribution in [3.8, 4) is 10.6 Å². The molecule has 0 spiro atoms. The van der Waals surface area contributed by atoms with Crippen molar-refractivity contribution in [1.82, 2.24) is 19.9 Å². The van der Waals surface area contributed by atoms with Gasteiger partial charge in [-0.1, -0.05) is 0 Å². The average molecular weight is 381 g/mol. The van der Waals surface area contributed by atoms with Gasteiger partial charge in [-0.3, -0.25) is 19.7 Å². The van der Waals surface area contributed by atoms with Gasteiger partial charge in [0.2, 0.25) is 0 Å². The Labute approximate surface area is 163 Å². The number of nitrogens with zero attached hydrogens (tertiary/aromatic N) is 4. The van der Waals surface area contributed by atoms with Gasteiger partial charge in [-0.2, -0.15) is 0 Å². The predicted molar refractivity (Wildman–Crippen MR) is 109 cm³/mol. The van der Waals surface area contributed by atoms with E-state index in [0.29, 0.717) is 18.2 Å². The van der Waals surface area contributed by atoms with Crippen LogP contribution in [0.15, 0.2) is 36.2 Å². The molecule has 0 aromatic carbocycles. The zero-order chi connectivity index (χ0) is 18.8. The quantitative estimate of drug-likeness (QED) is 0.670. The molecule has 0 bridgehead atoms. The molecule has 1 saturated carbocycles. The number of fused-ring (bicyclic) bond motifs is 1. The van der Waals surface area contributed by atoms with Gasteiger partial charge < -0.3 is 4.90 Å². The van der Waals surface area contributed by atoms with Crippen LogP contribution in [0.3, 0.4) is 0 Å². The fraction of sp³-hybridized carbons (Fsp3) is 0.429. The van der Waals surface area contributed by atoms with E-state index in [4.69, 9.17) is 0 Å². The van der Waals surface area contributed by atoms with E-state index in [1.807, 2.05) is 30.2 Å². The molecule has 0 unspecified atom stereocenters. The third-order valence-corrected chi connectivity index (χ3v) is 6.38. The molecule has 3 aromatic rings. The Morgan fingerprint density at radius 2 is 1.85 bits per heavy atom. The van der Waals surface area contributed by atoms with Gasteiger partial charge in [0.05, 0.1) is 16.1 Å². The molecule has 0 amide bonds. The maximum absolute atomic E-state index is 12.8. The van der Waals surface area contributed by atoms with Crippen molar-refractivity contribution in [2.75, 3.05) is 14.1 Å². The molecular weight excluding hydrogens is 356 g/mol. The number of carbonyl (C=O) groups is 1. The lowest BCUT2D eigenvalue weighted by molar-refractivity contribution is -0.123. The lowest BCUT2D eigenvalue weighted by atomic mass is 9.82. The van der Waals surface area contributed by atoms with Crippen LogP contribution in [0.2, 0.25) is 0 Å². The largest absolute Gasteiger partial charge is 0.306 e. The molecule has 4 rings (SSSR count). The molecule has 27 heavy (non-hydrogen) atoms. The standard InChI is InChI=1S/C21H24N4OS/c1-25(2)18-5-3-14(4-6-18)20(26)9-17-7-15-8-19(21-12-22-13-27-21)24-11-16(15)10-23-17/h7-8,10-14,18H,3-6,9H2,1-2H3. The number of carbonyl (C=O) groups excluding carboxylic acids is 1. The van der Waals surface area contributed by atoms with Crippen LogP contribution >= 0.6 is 11.3 Å². The maximum atomic E-state index is 12.8. The number of aromatic nitrogens is 3. The van der Waals surface area contributed by atoms with E-state index < -0.39 is 0 Å². The van der Waals surface area contributed by atoms with Crippen LogP contribution in [0.5, 0.6) is 0 Å². The van der Waals surface area contributed by atoms with Gasteiger partial charge >= 0.3 is 0 Å². The molecule has 0 radical (unpaired) electrons. The molecule has 0 saturated heterocycles. The SMILES string of the molecule is CN(C)C1CCC(C(=O)Cc2cc3cc(-c4cncs4)ncc3cn2)CC1. The summed E-state index contributed by atoms with van der Waals surface area (Å²) in [7, 11) is 4.25. The van der Waals surface area contributed by atoms with E-state index in [1.165, 1.54) is 0 Å². The van der Waals surface area contributed by atoms with Crippen LogP contribution in [0.4, 0.5) is 0 Å². The lowest BCUT2D eigenvalue weighted by Crippen LogP contribution is -2.34. The van der Waals surface area contributed by atoms with E-state index in [9.17, 15) is 4.79 Å². The van der Waals surface area contributed by atoms with Crippen LogP contribution in [0.25, 0.3) is 21.3 Å². The van der Waals surface area contributed by atoms with Crippen molar-refractivity contribution in [3.05, 3.63) is 41.9 Å². The van der Waals surface area contributed by atoms with Crippen molar-refractivity contribution in [2.24, 2.45) is 5.92 Å². The third-order valence-electron chi connectivity index (χ3n) is 5.58. The normalized spacial score (nSPS) is 20.3. The van der Waals surface area contributed by atoms with Crippen LogP contribution in [-0.4, -0.2) is 45.8 Å². The second-order valence-electron chi connectivity index (χ2n) is 7.57. The first-order valence-electron chi connectivity index (χ1n) is 9.43. The number of Topliss-reactive ketones (excluding diaryl/α,β-unsaturated/α-hetero) is 1. The third kappa shape index (κ3) is 4.06. The van der Waals surface area contributed by atoms with Crippen molar-refractivity contribution >= 4 is 27.9 Å². The number of hydrogen-bond acceptors (Lipinski definition) is 6. The van der Waals surface area contributed by atoms with Gasteiger partial charge in [0.25, 0.3) is 0 Å². The molecule has 5 nitrogen and oxygen atoms in total. The van der Waals surface area contributed by atoms with Crippen molar-refractivity contribution in [1.29, 1.82) is 0 Å². The zero-order valence-electron chi connectivity index (χ0n) is 15.8. The van der Waals surface area contributed by atoms with Gasteiger partial charge in [-0.25, -0.2) is 0 Å². The summed E-state index contributed by atoms with van der Waals surface area (Å²) in [5, 5.41) is 2.06. The first kappa shape index (κ1) is 18.2. The van der Waals surface area contributed by atoms with Gasteiger partial charge in [0, 0.05) is 48.1 Å². The summed E-state index contributed by atoms with van der Waals surface area (Å²) in [5.41, 5.74) is 3.57. The summed E-state index contributed by atoms with van der Waals surface area (Å²) in [6.07, 6.45) is 10.1. The van der Waals surface area contributed by atoms with Gasteiger partial charge in [0.15, 0.2) is 0 Å². The first-order valence-corrected chi connectivity index (χ1v) is 10.3. The lowest BCUT2D eigenvalue weighted by Gasteiger charge is -2.31. The van der Waals surface area contributed by atoms with Crippen molar-refractivity contribution in [3.63, 3.8) is 0 Å². The molecule has 1 aliphatic rings. The fourth-order valence-corrected chi connectivity index (χ4v) is 4.48. The predicted octanol–water partition coefficient (Wildman–Crippen LogP) is 3.99. The average Bonchev–Trinajstić information content (AvgIpc) is 3.22. The van der Waals surface area contributed by atoms with Gasteiger partial charge in [-0.15, -0.1) is 11.3 Å². The van der Waals surface area contributed by atoms with E-state index in [-0.39, 0.29) is 5.92 Å². The van der Waals surface area contributed by atoms with Crippen LogP contribution < -0.4 is 0 Å². The number of hydrogen-bond donors (Lipinski definition) is 0. The summed E-state index contributed by atoms with van der Waals surface area (Å²) in [6, 6.07) is 4.71. The Kier molecular flexibility index (Phi) is 5.27. The molecule has 0 aliphatic heterocycles. The van der Waals surface area contributed by atoms with E-state index in [2.05, 4.69) is 40.0 Å². The van der Waals surface area contributed by atoms with E-state index in [1.54, 1.807) is 11.3 Å². The Balaban J connectivity index is 1.48. The van der Waals surface area contributed by atoms with E-state index in [0.717, 1.165) is 52.7 Å². The molecule has 0 atom stereocenters. The number of rotatable bonds is 5. The summed E-state index contributed by atoms with van der Waals surface area (Å²) in [5.74, 6) is 0.514. The van der Waals surface area contributed by atoms with Gasteiger partial charge in [0.1, 0.15) is 5.78 Å². The minimum atomic E-state index is 0.184. The fourth-order valence-electron chi connectivity index (χ4n) is 3.89. The van der Waals surface area contributed by atoms with Crippen LogP contribution in [0.1, 0.15) is 31.4 Å². The molecule has 6 heteroatoms. The highest BCUT2D eigenvalue weighted by molar-refractivity contribution is 7.13. The Hall–Kier alpha value is -2.18.